The molecule has 0 aromatic carbocycles. The number of hydrogen-bond donors (Lipinski definition) is 2. The first-order valence-corrected chi connectivity index (χ1v) is 6.72. The van der Waals surface area contributed by atoms with Crippen LogP contribution in [0, 0.1) is 17.3 Å². The van der Waals surface area contributed by atoms with E-state index in [9.17, 15) is 10.2 Å². The third kappa shape index (κ3) is 2.43. The minimum Gasteiger partial charge on any atom is -0.396 e. The molecule has 16 heavy (non-hydrogen) atoms. The molecular weight excluding hydrogens is 200 g/mol. The molecule has 96 valence electrons. The van der Waals surface area contributed by atoms with Crippen LogP contribution in [0.1, 0.15) is 59.8 Å². The third-order valence-electron chi connectivity index (χ3n) is 4.96. The van der Waals surface area contributed by atoms with Gasteiger partial charge in [-0.25, -0.2) is 0 Å². The highest BCUT2D eigenvalue weighted by Gasteiger charge is 2.48. The molecule has 0 amide bonds. The minimum atomic E-state index is -0.663. The SMILES string of the molecule is CCC(C)(CO)C1(O)CCCC(C(C)C)C1. The summed E-state index contributed by atoms with van der Waals surface area (Å²) in [6, 6.07) is 0. The van der Waals surface area contributed by atoms with Crippen LogP contribution < -0.4 is 0 Å². The maximum Gasteiger partial charge on any atom is 0.0725 e. The highest BCUT2D eigenvalue weighted by atomic mass is 16.3. The van der Waals surface area contributed by atoms with Crippen molar-refractivity contribution >= 4 is 0 Å². The van der Waals surface area contributed by atoms with E-state index in [2.05, 4.69) is 20.8 Å². The van der Waals surface area contributed by atoms with E-state index in [0.29, 0.717) is 11.8 Å². The van der Waals surface area contributed by atoms with Crippen LogP contribution in [0.4, 0.5) is 0 Å². The van der Waals surface area contributed by atoms with Crippen LogP contribution in [-0.2, 0) is 0 Å². The number of aliphatic hydroxyl groups excluding tert-OH is 1. The monoisotopic (exact) mass is 228 g/mol. The summed E-state index contributed by atoms with van der Waals surface area (Å²) < 4.78 is 0. The molecule has 1 aliphatic rings. The van der Waals surface area contributed by atoms with Gasteiger partial charge < -0.3 is 10.2 Å². The predicted octanol–water partition coefficient (Wildman–Crippen LogP) is 2.97. The van der Waals surface area contributed by atoms with E-state index in [4.69, 9.17) is 0 Å². The lowest BCUT2D eigenvalue weighted by atomic mass is 9.61. The molecule has 1 rings (SSSR count). The summed E-state index contributed by atoms with van der Waals surface area (Å²) in [4.78, 5) is 0. The Hall–Kier alpha value is -0.0800. The van der Waals surface area contributed by atoms with Crippen molar-refractivity contribution in [1.82, 2.24) is 0 Å². The Morgan fingerprint density at radius 2 is 2.06 bits per heavy atom. The molecule has 3 unspecified atom stereocenters. The Morgan fingerprint density at radius 1 is 1.44 bits per heavy atom. The van der Waals surface area contributed by atoms with Crippen molar-refractivity contribution in [2.24, 2.45) is 17.3 Å². The van der Waals surface area contributed by atoms with E-state index in [1.807, 2.05) is 6.92 Å². The van der Waals surface area contributed by atoms with Gasteiger partial charge in [0.15, 0.2) is 0 Å². The third-order valence-corrected chi connectivity index (χ3v) is 4.96. The van der Waals surface area contributed by atoms with E-state index >= 15 is 0 Å². The van der Waals surface area contributed by atoms with Crippen LogP contribution in [-0.4, -0.2) is 22.4 Å². The van der Waals surface area contributed by atoms with Gasteiger partial charge in [0.25, 0.3) is 0 Å². The van der Waals surface area contributed by atoms with E-state index in [1.54, 1.807) is 0 Å². The van der Waals surface area contributed by atoms with Crippen LogP contribution in [0.3, 0.4) is 0 Å². The molecule has 0 aliphatic heterocycles. The Morgan fingerprint density at radius 3 is 2.50 bits per heavy atom. The van der Waals surface area contributed by atoms with Crippen LogP contribution >= 0.6 is 0 Å². The van der Waals surface area contributed by atoms with Gasteiger partial charge in [-0.15, -0.1) is 0 Å². The van der Waals surface area contributed by atoms with E-state index in [1.165, 1.54) is 6.42 Å². The Kier molecular flexibility index (Phi) is 4.42. The summed E-state index contributed by atoms with van der Waals surface area (Å²) in [6.45, 7) is 8.64. The van der Waals surface area contributed by atoms with Gasteiger partial charge in [0, 0.05) is 5.41 Å². The maximum absolute atomic E-state index is 10.8. The topological polar surface area (TPSA) is 40.5 Å². The average molecular weight is 228 g/mol. The van der Waals surface area contributed by atoms with Crippen molar-refractivity contribution in [1.29, 1.82) is 0 Å². The summed E-state index contributed by atoms with van der Waals surface area (Å²) in [6.07, 6.45) is 4.86. The maximum atomic E-state index is 10.8. The van der Waals surface area contributed by atoms with Crippen molar-refractivity contribution in [3.05, 3.63) is 0 Å². The zero-order valence-corrected chi connectivity index (χ0v) is 11.3. The first-order chi connectivity index (χ1) is 7.38. The normalized spacial score (nSPS) is 35.1. The molecule has 2 nitrogen and oxygen atoms in total. The molecule has 1 saturated carbocycles. The summed E-state index contributed by atoms with van der Waals surface area (Å²) in [5, 5.41) is 20.4. The first kappa shape index (κ1) is 14.0. The fraction of sp³-hybridized carbons (Fsp3) is 1.00. The van der Waals surface area contributed by atoms with E-state index in [0.717, 1.165) is 25.7 Å². The summed E-state index contributed by atoms with van der Waals surface area (Å²) in [5.74, 6) is 1.24. The Balaban J connectivity index is 2.83. The average Bonchev–Trinajstić information content (AvgIpc) is 2.27. The molecule has 3 atom stereocenters. The van der Waals surface area contributed by atoms with Gasteiger partial charge in [-0.1, -0.05) is 34.1 Å². The lowest BCUT2D eigenvalue weighted by molar-refractivity contribution is -0.138. The second-order valence-corrected chi connectivity index (χ2v) is 6.20. The van der Waals surface area contributed by atoms with Crippen molar-refractivity contribution in [2.75, 3.05) is 6.61 Å². The smallest absolute Gasteiger partial charge is 0.0725 e. The molecule has 0 bridgehead atoms. The summed E-state index contributed by atoms with van der Waals surface area (Å²) >= 11 is 0. The fourth-order valence-corrected chi connectivity index (χ4v) is 3.00. The number of rotatable bonds is 4. The molecule has 2 heteroatoms. The van der Waals surface area contributed by atoms with Gasteiger partial charge >= 0.3 is 0 Å². The lowest BCUT2D eigenvalue weighted by Crippen LogP contribution is -2.52. The molecule has 0 aromatic rings. The largest absolute Gasteiger partial charge is 0.396 e. The molecule has 0 heterocycles. The second kappa shape index (κ2) is 5.05. The Bertz CT molecular complexity index is 221. The number of aliphatic hydroxyl groups is 2. The Labute approximate surface area is 100 Å². The molecule has 0 spiro atoms. The molecule has 0 aromatic heterocycles. The zero-order chi connectivity index (χ0) is 12.4. The summed E-state index contributed by atoms with van der Waals surface area (Å²) in [7, 11) is 0. The van der Waals surface area contributed by atoms with Gasteiger partial charge in [-0.3, -0.25) is 0 Å². The van der Waals surface area contributed by atoms with E-state index < -0.39 is 5.60 Å². The molecule has 1 fully saturated rings. The fourth-order valence-electron chi connectivity index (χ4n) is 3.00. The van der Waals surface area contributed by atoms with Crippen LogP contribution in [0.15, 0.2) is 0 Å². The van der Waals surface area contributed by atoms with Gasteiger partial charge in [0.05, 0.1) is 12.2 Å². The van der Waals surface area contributed by atoms with Crippen molar-refractivity contribution in [2.45, 2.75) is 65.4 Å². The molecule has 0 radical (unpaired) electrons. The molecule has 2 N–H and O–H groups in total. The van der Waals surface area contributed by atoms with Gasteiger partial charge in [-0.2, -0.15) is 0 Å². The quantitative estimate of drug-likeness (QED) is 0.776. The van der Waals surface area contributed by atoms with Gasteiger partial charge in [0.1, 0.15) is 0 Å². The molecule has 0 saturated heterocycles. The van der Waals surface area contributed by atoms with Crippen LogP contribution in [0.5, 0.6) is 0 Å². The molecular formula is C14H28O2. The highest BCUT2D eigenvalue weighted by Crippen LogP contribution is 2.47. The van der Waals surface area contributed by atoms with Crippen molar-refractivity contribution in [3.8, 4) is 0 Å². The van der Waals surface area contributed by atoms with Gasteiger partial charge in [-0.05, 0) is 37.5 Å². The van der Waals surface area contributed by atoms with Crippen LogP contribution in [0.2, 0.25) is 0 Å². The number of hydrogen-bond acceptors (Lipinski definition) is 2. The van der Waals surface area contributed by atoms with Crippen molar-refractivity contribution in [3.63, 3.8) is 0 Å². The van der Waals surface area contributed by atoms with Crippen LogP contribution in [0.25, 0.3) is 0 Å². The summed E-state index contributed by atoms with van der Waals surface area (Å²) in [5.41, 5.74) is -0.996. The standard InChI is InChI=1S/C14H28O2/c1-5-13(4,10-15)14(16)8-6-7-12(9-14)11(2)3/h11-12,15-16H,5-10H2,1-4H3. The second-order valence-electron chi connectivity index (χ2n) is 6.20. The highest BCUT2D eigenvalue weighted by molar-refractivity contribution is 4.99. The van der Waals surface area contributed by atoms with E-state index in [-0.39, 0.29) is 12.0 Å². The first-order valence-electron chi connectivity index (χ1n) is 6.72. The van der Waals surface area contributed by atoms with Crippen molar-refractivity contribution < 1.29 is 10.2 Å². The van der Waals surface area contributed by atoms with Gasteiger partial charge in [0.2, 0.25) is 0 Å². The minimum absolute atomic E-state index is 0.0881. The predicted molar refractivity (Wildman–Crippen MR) is 67.2 cm³/mol. The zero-order valence-electron chi connectivity index (χ0n) is 11.3. The molecule has 1 aliphatic carbocycles. The lowest BCUT2D eigenvalue weighted by Gasteiger charge is -2.49.